The Morgan fingerprint density at radius 3 is 2.76 bits per heavy atom. The smallest absolute Gasteiger partial charge is 0.338 e. The second-order valence-electron chi connectivity index (χ2n) is 7.67. The molecule has 1 fully saturated rings. The molecule has 2 aliphatic heterocycles. The number of carbonyl (C=O) groups is 2. The van der Waals surface area contributed by atoms with Gasteiger partial charge in [-0.1, -0.05) is 49.0 Å². The zero-order valence-electron chi connectivity index (χ0n) is 18.7. The molecular weight excluding hydrogens is 438 g/mol. The number of benzene rings is 2. The highest BCUT2D eigenvalue weighted by atomic mass is 32.2. The van der Waals surface area contributed by atoms with Crippen LogP contribution in [0.4, 0.5) is 5.69 Å². The summed E-state index contributed by atoms with van der Waals surface area (Å²) in [6.45, 7) is 2.70. The molecule has 0 spiro atoms. The highest BCUT2D eigenvalue weighted by molar-refractivity contribution is 8.13. The summed E-state index contributed by atoms with van der Waals surface area (Å²) in [6, 6.07) is 16.5. The molecule has 1 saturated heterocycles. The number of methoxy groups -OCH3 is 1. The Balaban J connectivity index is 1.58. The number of amidine groups is 1. The number of fused-ring (bicyclic) bond motifs is 1. The van der Waals surface area contributed by atoms with E-state index in [0.717, 1.165) is 35.1 Å². The fraction of sp³-hybridized carbons (Fsp3) is 0.320. The van der Waals surface area contributed by atoms with Gasteiger partial charge in [0.2, 0.25) is 0 Å². The summed E-state index contributed by atoms with van der Waals surface area (Å²) < 4.78 is 10.7. The SMILES string of the molecule is CCC1=C(C(=O)OC)C(c2cccc(NC(=O)COc3ccccc3)c2)N2CCCSC2=N1. The van der Waals surface area contributed by atoms with Crippen LogP contribution in [-0.2, 0) is 14.3 Å². The number of nitrogens with zero attached hydrogens (tertiary/aromatic N) is 2. The molecule has 0 aliphatic carbocycles. The molecule has 0 radical (unpaired) electrons. The van der Waals surface area contributed by atoms with Crippen molar-refractivity contribution in [3.8, 4) is 5.75 Å². The maximum Gasteiger partial charge on any atom is 0.338 e. The largest absolute Gasteiger partial charge is 0.484 e. The highest BCUT2D eigenvalue weighted by Gasteiger charge is 2.38. The van der Waals surface area contributed by atoms with Gasteiger partial charge in [-0.25, -0.2) is 9.79 Å². The van der Waals surface area contributed by atoms with Crippen molar-refractivity contribution in [2.75, 3.05) is 31.3 Å². The minimum Gasteiger partial charge on any atom is -0.484 e. The number of hydrogen-bond donors (Lipinski definition) is 1. The van der Waals surface area contributed by atoms with Crippen molar-refractivity contribution < 1.29 is 19.1 Å². The zero-order valence-corrected chi connectivity index (χ0v) is 19.6. The summed E-state index contributed by atoms with van der Waals surface area (Å²) in [6.07, 6.45) is 1.63. The van der Waals surface area contributed by atoms with Gasteiger partial charge in [0.15, 0.2) is 11.8 Å². The fourth-order valence-corrected chi connectivity index (χ4v) is 5.00. The Labute approximate surface area is 197 Å². The lowest BCUT2D eigenvalue weighted by Crippen LogP contribution is -2.42. The molecule has 2 aliphatic rings. The van der Waals surface area contributed by atoms with E-state index in [1.54, 1.807) is 23.9 Å². The predicted molar refractivity (Wildman–Crippen MR) is 130 cm³/mol. The first-order chi connectivity index (χ1) is 16.1. The number of allylic oxidation sites excluding steroid dienone is 1. The number of ether oxygens (including phenoxy) is 2. The first kappa shape index (κ1) is 22.9. The number of thioether (sulfide) groups is 1. The van der Waals surface area contributed by atoms with Gasteiger partial charge in [0.1, 0.15) is 5.75 Å². The predicted octanol–water partition coefficient (Wildman–Crippen LogP) is 4.39. The molecule has 0 bridgehead atoms. The number of aliphatic imine (C=N–C) groups is 1. The number of rotatable bonds is 7. The van der Waals surface area contributed by atoms with Gasteiger partial charge >= 0.3 is 5.97 Å². The van der Waals surface area contributed by atoms with E-state index < -0.39 is 0 Å². The van der Waals surface area contributed by atoms with E-state index >= 15 is 0 Å². The van der Waals surface area contributed by atoms with Gasteiger partial charge < -0.3 is 19.7 Å². The minimum atomic E-state index is -0.374. The molecule has 2 heterocycles. The van der Waals surface area contributed by atoms with E-state index in [9.17, 15) is 9.59 Å². The molecule has 0 saturated carbocycles. The molecule has 1 N–H and O–H groups in total. The van der Waals surface area contributed by atoms with E-state index in [-0.39, 0.29) is 24.5 Å². The third-order valence-electron chi connectivity index (χ3n) is 5.49. The Morgan fingerprint density at radius 1 is 1.18 bits per heavy atom. The minimum absolute atomic E-state index is 0.0927. The van der Waals surface area contributed by atoms with Crippen LogP contribution in [0.2, 0.25) is 0 Å². The summed E-state index contributed by atoms with van der Waals surface area (Å²) >= 11 is 1.71. The molecule has 1 atom stereocenters. The van der Waals surface area contributed by atoms with E-state index in [0.29, 0.717) is 23.4 Å². The Hall–Kier alpha value is -3.26. The molecule has 7 nitrogen and oxygen atoms in total. The van der Waals surface area contributed by atoms with E-state index in [1.807, 2.05) is 49.4 Å². The van der Waals surface area contributed by atoms with Crippen LogP contribution in [0.5, 0.6) is 5.75 Å². The number of hydrogen-bond acceptors (Lipinski definition) is 7. The van der Waals surface area contributed by atoms with Crippen LogP contribution in [0.3, 0.4) is 0 Å². The summed E-state index contributed by atoms with van der Waals surface area (Å²) in [7, 11) is 1.40. The number of nitrogens with one attached hydrogen (secondary N) is 1. The van der Waals surface area contributed by atoms with Gasteiger partial charge in [0.05, 0.1) is 24.4 Å². The molecule has 8 heteroatoms. The zero-order chi connectivity index (χ0) is 23.2. The van der Waals surface area contributed by atoms with Gasteiger partial charge in [-0.2, -0.15) is 0 Å². The first-order valence-electron chi connectivity index (χ1n) is 11.0. The van der Waals surface area contributed by atoms with Gasteiger partial charge in [-0.05, 0) is 42.7 Å². The molecule has 33 heavy (non-hydrogen) atoms. The maximum atomic E-state index is 12.8. The Kier molecular flexibility index (Phi) is 7.34. The first-order valence-corrected chi connectivity index (χ1v) is 12.0. The van der Waals surface area contributed by atoms with E-state index in [1.165, 1.54) is 7.11 Å². The maximum absolute atomic E-state index is 12.8. The fourth-order valence-electron chi connectivity index (χ4n) is 4.01. The van der Waals surface area contributed by atoms with Crippen molar-refractivity contribution in [3.63, 3.8) is 0 Å². The van der Waals surface area contributed by atoms with Crippen LogP contribution in [0, 0.1) is 0 Å². The van der Waals surface area contributed by atoms with Crippen LogP contribution >= 0.6 is 11.8 Å². The number of carbonyl (C=O) groups excluding carboxylic acids is 2. The molecule has 0 aromatic heterocycles. The third kappa shape index (κ3) is 5.22. The van der Waals surface area contributed by atoms with Crippen molar-refractivity contribution in [1.29, 1.82) is 0 Å². The average Bonchev–Trinajstić information content (AvgIpc) is 2.86. The van der Waals surface area contributed by atoms with Crippen molar-refractivity contribution in [1.82, 2.24) is 4.90 Å². The van der Waals surface area contributed by atoms with Crippen molar-refractivity contribution in [2.24, 2.45) is 4.99 Å². The van der Waals surface area contributed by atoms with Crippen LogP contribution in [0.25, 0.3) is 0 Å². The normalized spacial score (nSPS) is 17.7. The Bertz CT molecular complexity index is 1080. The summed E-state index contributed by atoms with van der Waals surface area (Å²) in [5, 5.41) is 3.83. The lowest BCUT2D eigenvalue weighted by molar-refractivity contribution is -0.137. The van der Waals surface area contributed by atoms with E-state index in [2.05, 4.69) is 10.2 Å². The molecule has 172 valence electrons. The highest BCUT2D eigenvalue weighted by Crippen LogP contribution is 2.41. The number of amides is 1. The lowest BCUT2D eigenvalue weighted by Gasteiger charge is -2.40. The number of esters is 1. The van der Waals surface area contributed by atoms with Gasteiger partial charge in [0, 0.05) is 18.0 Å². The molecule has 4 rings (SSSR count). The average molecular weight is 466 g/mol. The molecular formula is C25H27N3O4S. The lowest BCUT2D eigenvalue weighted by atomic mass is 9.93. The summed E-state index contributed by atoms with van der Waals surface area (Å²) in [5.41, 5.74) is 2.85. The standard InChI is InChI=1S/C25H27N3O4S/c1-3-20-22(24(30)31-2)23(28-13-8-14-33-25(28)27-20)17-9-7-10-18(15-17)26-21(29)16-32-19-11-5-4-6-12-19/h4-7,9-12,15,23H,3,8,13-14,16H2,1-2H3,(H,26,29). The Morgan fingerprint density at radius 2 is 2.00 bits per heavy atom. The molecule has 2 aromatic rings. The third-order valence-corrected chi connectivity index (χ3v) is 6.56. The van der Waals surface area contributed by atoms with Crippen LogP contribution in [-0.4, -0.2) is 48.0 Å². The molecule has 2 aromatic carbocycles. The van der Waals surface area contributed by atoms with E-state index in [4.69, 9.17) is 14.5 Å². The van der Waals surface area contributed by atoms with Crippen LogP contribution in [0.1, 0.15) is 31.4 Å². The molecule has 1 amide bonds. The summed E-state index contributed by atoms with van der Waals surface area (Å²) in [4.78, 5) is 32.2. The molecule has 1 unspecified atom stereocenters. The number of para-hydroxylation sites is 1. The second kappa shape index (κ2) is 10.6. The van der Waals surface area contributed by atoms with Crippen LogP contribution < -0.4 is 10.1 Å². The van der Waals surface area contributed by atoms with Gasteiger partial charge in [0.25, 0.3) is 5.91 Å². The van der Waals surface area contributed by atoms with Gasteiger partial charge in [-0.3, -0.25) is 4.79 Å². The van der Waals surface area contributed by atoms with Crippen molar-refractivity contribution in [3.05, 3.63) is 71.4 Å². The van der Waals surface area contributed by atoms with Crippen molar-refractivity contribution >= 4 is 34.5 Å². The van der Waals surface area contributed by atoms with Gasteiger partial charge in [-0.15, -0.1) is 0 Å². The number of anilines is 1. The topological polar surface area (TPSA) is 80.2 Å². The quantitative estimate of drug-likeness (QED) is 0.611. The van der Waals surface area contributed by atoms with Crippen molar-refractivity contribution in [2.45, 2.75) is 25.8 Å². The monoisotopic (exact) mass is 465 g/mol. The van der Waals surface area contributed by atoms with Crippen LogP contribution in [0.15, 0.2) is 70.9 Å². The summed E-state index contributed by atoms with van der Waals surface area (Å²) in [5.74, 6) is 1.01. The second-order valence-corrected chi connectivity index (χ2v) is 8.74.